The number of nitrogens with zero attached hydrogens (tertiary/aromatic N) is 6. The van der Waals surface area contributed by atoms with Crippen molar-refractivity contribution in [3.8, 4) is 11.8 Å². The van der Waals surface area contributed by atoms with Crippen molar-refractivity contribution in [2.45, 2.75) is 57.1 Å². The Kier molecular flexibility index (Phi) is 8.96. The van der Waals surface area contributed by atoms with Crippen molar-refractivity contribution in [1.82, 2.24) is 24.7 Å². The molecule has 0 radical (unpaired) electrons. The number of ether oxygens (including phenoxy) is 2. The highest BCUT2D eigenvalue weighted by Gasteiger charge is 2.46. The summed E-state index contributed by atoms with van der Waals surface area (Å²) in [7, 11) is 5.77. The number of hydrogen-bond acceptors (Lipinski definition) is 8. The minimum absolute atomic E-state index is 0.0584. The second kappa shape index (κ2) is 12.2. The number of nitriles is 1. The first-order chi connectivity index (χ1) is 19.2. The highest BCUT2D eigenvalue weighted by molar-refractivity contribution is 5.82. The van der Waals surface area contributed by atoms with E-state index in [-0.39, 0.29) is 17.0 Å². The summed E-state index contributed by atoms with van der Waals surface area (Å²) in [6, 6.07) is 4.18. The molecule has 2 aliphatic rings. The van der Waals surface area contributed by atoms with Crippen LogP contribution in [0.25, 0.3) is 11.1 Å². The molecule has 0 unspecified atom stereocenters. The van der Waals surface area contributed by atoms with Crippen LogP contribution < -0.4 is 10.1 Å². The van der Waals surface area contributed by atoms with E-state index in [2.05, 4.69) is 38.0 Å². The summed E-state index contributed by atoms with van der Waals surface area (Å²) in [6.07, 6.45) is 11.2. The zero-order chi connectivity index (χ0) is 28.9. The van der Waals surface area contributed by atoms with E-state index in [1.165, 1.54) is 0 Å². The van der Waals surface area contributed by atoms with Gasteiger partial charge in [-0.3, -0.25) is 4.79 Å². The monoisotopic (exact) mass is 547 g/mol. The van der Waals surface area contributed by atoms with Gasteiger partial charge in [-0.1, -0.05) is 6.08 Å². The zero-order valence-electron chi connectivity index (χ0n) is 24.4. The van der Waals surface area contributed by atoms with Crippen molar-refractivity contribution in [3.63, 3.8) is 0 Å². The van der Waals surface area contributed by atoms with Gasteiger partial charge < -0.3 is 24.6 Å². The van der Waals surface area contributed by atoms with Gasteiger partial charge in [-0.05, 0) is 78.1 Å². The van der Waals surface area contributed by atoms with Gasteiger partial charge in [0.1, 0.15) is 17.6 Å². The molecule has 40 heavy (non-hydrogen) atoms. The third-order valence-electron chi connectivity index (χ3n) is 7.88. The van der Waals surface area contributed by atoms with Gasteiger partial charge in [-0.25, -0.2) is 9.51 Å². The van der Waals surface area contributed by atoms with Crippen molar-refractivity contribution in [1.29, 1.82) is 5.26 Å². The summed E-state index contributed by atoms with van der Waals surface area (Å²) in [5.74, 6) is 1.51. The number of piperidine rings is 1. The van der Waals surface area contributed by atoms with E-state index in [9.17, 15) is 10.1 Å². The largest absolute Gasteiger partial charge is 0.492 e. The lowest BCUT2D eigenvalue weighted by atomic mass is 9.86. The number of allylic oxidation sites excluding steroid dienone is 3. The van der Waals surface area contributed by atoms with Crippen molar-refractivity contribution < 1.29 is 14.3 Å². The Bertz CT molecular complexity index is 1340. The number of methoxy groups -OCH3 is 1. The number of amides is 1. The number of rotatable bonds is 12. The van der Waals surface area contributed by atoms with Crippen molar-refractivity contribution in [2.24, 2.45) is 4.99 Å². The Morgan fingerprint density at radius 3 is 2.60 bits per heavy atom. The van der Waals surface area contributed by atoms with Crippen LogP contribution >= 0.6 is 0 Å². The molecular weight excluding hydrogens is 506 g/mol. The van der Waals surface area contributed by atoms with E-state index in [1.54, 1.807) is 24.0 Å². The van der Waals surface area contributed by atoms with Gasteiger partial charge in [0.05, 0.1) is 47.6 Å². The Morgan fingerprint density at radius 1 is 1.30 bits per heavy atom. The van der Waals surface area contributed by atoms with Gasteiger partial charge in [0.2, 0.25) is 5.91 Å². The van der Waals surface area contributed by atoms with Crippen molar-refractivity contribution in [3.05, 3.63) is 47.6 Å². The number of likely N-dealkylation sites (N-methyl/N-ethyl adjacent to an activating group) is 1. The molecule has 1 amide bonds. The quantitative estimate of drug-likeness (QED) is 0.319. The first-order valence-electron chi connectivity index (χ1n) is 13.8. The van der Waals surface area contributed by atoms with Crippen LogP contribution in [-0.2, 0) is 9.53 Å². The van der Waals surface area contributed by atoms with Crippen LogP contribution in [0.15, 0.2) is 41.4 Å². The topological polar surface area (TPSA) is 107 Å². The van der Waals surface area contributed by atoms with Crippen LogP contribution in [-0.4, -0.2) is 90.6 Å². The van der Waals surface area contributed by atoms with E-state index in [1.807, 2.05) is 46.2 Å². The maximum Gasteiger partial charge on any atom is 0.223 e. The highest BCUT2D eigenvalue weighted by atomic mass is 16.5. The third-order valence-corrected chi connectivity index (χ3v) is 7.88. The summed E-state index contributed by atoms with van der Waals surface area (Å²) in [4.78, 5) is 21.7. The fraction of sp³-hybridized carbons (Fsp3) is 0.533. The number of fused-ring (bicyclic) bond motifs is 1. The fourth-order valence-electron chi connectivity index (χ4n) is 5.59. The molecule has 1 aliphatic heterocycles. The molecule has 10 nitrogen and oxygen atoms in total. The van der Waals surface area contributed by atoms with Gasteiger partial charge in [0, 0.05) is 32.3 Å². The van der Waals surface area contributed by atoms with E-state index in [0.29, 0.717) is 24.3 Å². The summed E-state index contributed by atoms with van der Waals surface area (Å²) >= 11 is 0. The van der Waals surface area contributed by atoms with Crippen LogP contribution in [0.5, 0.6) is 5.75 Å². The van der Waals surface area contributed by atoms with E-state index in [0.717, 1.165) is 67.8 Å². The molecule has 10 heteroatoms. The smallest absolute Gasteiger partial charge is 0.223 e. The Hall–Kier alpha value is -3.68. The van der Waals surface area contributed by atoms with Gasteiger partial charge in [0.15, 0.2) is 0 Å². The standard InChI is InChI=1S/C30H41N7O3/c1-7-40-24-16-25(28-23(18-31)19-33-37(28)20-24)22(2)8-9-26(32-3)36-14-12-29(13-15-36,21-35(4)5)34-27(38)17-30(39-6)10-11-30/h8-9,16,19-20H,3,7,10-15,17,21H2,1-2,4-6H3,(H,34,38)/b22-8+,26-9+. The van der Waals surface area contributed by atoms with Gasteiger partial charge in [-0.2, -0.15) is 10.4 Å². The van der Waals surface area contributed by atoms with Gasteiger partial charge in [0.25, 0.3) is 0 Å². The number of nitrogens with one attached hydrogen (secondary N) is 1. The lowest BCUT2D eigenvalue weighted by Crippen LogP contribution is -2.60. The maximum absolute atomic E-state index is 13.0. The zero-order valence-corrected chi connectivity index (χ0v) is 24.4. The van der Waals surface area contributed by atoms with Crippen LogP contribution in [0.2, 0.25) is 0 Å². The molecule has 0 spiro atoms. The molecule has 1 saturated carbocycles. The number of likely N-dealkylation sites (tertiary alicyclic amines) is 1. The van der Waals surface area contributed by atoms with E-state index < -0.39 is 0 Å². The predicted octanol–water partition coefficient (Wildman–Crippen LogP) is 3.63. The summed E-state index contributed by atoms with van der Waals surface area (Å²) in [5.41, 5.74) is 2.49. The van der Waals surface area contributed by atoms with Crippen LogP contribution in [0.3, 0.4) is 0 Å². The number of carbonyl (C=O) groups excluding carboxylic acids is 1. The molecule has 0 bridgehead atoms. The second-order valence-electron chi connectivity index (χ2n) is 11.1. The summed E-state index contributed by atoms with van der Waals surface area (Å²) in [5, 5.41) is 17.3. The minimum atomic E-state index is -0.306. The summed E-state index contributed by atoms with van der Waals surface area (Å²) < 4.78 is 13.0. The molecule has 1 N–H and O–H groups in total. The van der Waals surface area contributed by atoms with Crippen LogP contribution in [0.4, 0.5) is 0 Å². The lowest BCUT2D eigenvalue weighted by Gasteiger charge is -2.44. The Labute approximate surface area is 236 Å². The molecule has 1 saturated heterocycles. The minimum Gasteiger partial charge on any atom is -0.492 e. The predicted molar refractivity (Wildman–Crippen MR) is 156 cm³/mol. The number of pyridine rings is 1. The van der Waals surface area contributed by atoms with Gasteiger partial charge in [-0.15, -0.1) is 0 Å². The molecule has 3 heterocycles. The summed E-state index contributed by atoms with van der Waals surface area (Å²) in [6.45, 7) is 10.5. The van der Waals surface area contributed by atoms with Crippen LogP contribution in [0.1, 0.15) is 57.1 Å². The molecule has 0 aromatic carbocycles. The molecular formula is C30H41N7O3. The molecule has 1 aliphatic carbocycles. The van der Waals surface area contributed by atoms with E-state index >= 15 is 0 Å². The Morgan fingerprint density at radius 2 is 2.02 bits per heavy atom. The number of aliphatic imine (C=N–C) groups is 1. The number of aromatic nitrogens is 2. The Balaban J connectivity index is 1.52. The molecule has 0 atom stereocenters. The maximum atomic E-state index is 13.0. The molecule has 214 valence electrons. The van der Waals surface area contributed by atoms with Gasteiger partial charge >= 0.3 is 0 Å². The highest BCUT2D eigenvalue weighted by Crippen LogP contribution is 2.42. The molecule has 2 fully saturated rings. The van der Waals surface area contributed by atoms with Crippen molar-refractivity contribution >= 4 is 23.7 Å². The first kappa shape index (κ1) is 29.3. The number of hydrogen-bond donors (Lipinski definition) is 1. The molecule has 2 aromatic heterocycles. The van der Waals surface area contributed by atoms with Crippen LogP contribution in [0, 0.1) is 11.3 Å². The average molecular weight is 548 g/mol. The second-order valence-corrected chi connectivity index (χ2v) is 11.1. The van der Waals surface area contributed by atoms with Crippen molar-refractivity contribution in [2.75, 3.05) is 47.4 Å². The lowest BCUT2D eigenvalue weighted by molar-refractivity contribution is -0.127. The van der Waals surface area contributed by atoms with E-state index in [4.69, 9.17) is 9.47 Å². The molecule has 4 rings (SSSR count). The SMILES string of the molecule is C=N/C(=C\C=C(/C)c1cc(OCC)cn2ncc(C#N)c12)N1CCC(CN(C)C)(NC(=O)CC2(OC)CC2)CC1. The third kappa shape index (κ3) is 6.54. The molecule has 2 aromatic rings. The first-order valence-corrected chi connectivity index (χ1v) is 13.8. The fourth-order valence-corrected chi connectivity index (χ4v) is 5.59. The average Bonchev–Trinajstić information content (AvgIpc) is 3.57. The number of carbonyl (C=O) groups is 1. The normalized spacial score (nSPS) is 18.5.